The van der Waals surface area contributed by atoms with Crippen molar-refractivity contribution in [2.24, 2.45) is 0 Å². The van der Waals surface area contributed by atoms with Gasteiger partial charge in [-0.3, -0.25) is 4.79 Å². The predicted molar refractivity (Wildman–Crippen MR) is 103 cm³/mol. The minimum atomic E-state index is 0.0143. The summed E-state index contributed by atoms with van der Waals surface area (Å²) in [5.41, 5.74) is 3.15. The molecule has 2 nitrogen and oxygen atoms in total. The molecule has 0 fully saturated rings. The molecule has 3 rings (SSSR count). The molecule has 0 N–H and O–H groups in total. The Morgan fingerprint density at radius 2 is 1.76 bits per heavy atom. The summed E-state index contributed by atoms with van der Waals surface area (Å²) >= 11 is 1.74. The van der Waals surface area contributed by atoms with Gasteiger partial charge in [-0.05, 0) is 49.6 Å². The fourth-order valence-electron chi connectivity index (χ4n) is 2.84. The standard InChI is InChI=1S/C22H22O2S/c1-4-17-10-12-19(13-11-17)25-22(18-8-6-5-7-9-18)21-14-20(15(2)23)16(3)24-21/h5-14,22H,4H2,1-3H3. The molecule has 25 heavy (non-hydrogen) atoms. The Morgan fingerprint density at radius 1 is 1.08 bits per heavy atom. The van der Waals surface area contributed by atoms with Gasteiger partial charge in [-0.2, -0.15) is 0 Å². The molecule has 2 aromatic carbocycles. The minimum absolute atomic E-state index is 0.0143. The number of hydrogen-bond donors (Lipinski definition) is 0. The first kappa shape index (κ1) is 17.6. The topological polar surface area (TPSA) is 30.2 Å². The molecular weight excluding hydrogens is 328 g/mol. The quantitative estimate of drug-likeness (QED) is 0.390. The third-order valence-electron chi connectivity index (χ3n) is 4.26. The lowest BCUT2D eigenvalue weighted by atomic mass is 10.1. The highest BCUT2D eigenvalue weighted by Crippen LogP contribution is 2.41. The van der Waals surface area contributed by atoms with E-state index in [-0.39, 0.29) is 11.0 Å². The van der Waals surface area contributed by atoms with E-state index in [1.165, 1.54) is 10.5 Å². The van der Waals surface area contributed by atoms with Gasteiger partial charge in [0.15, 0.2) is 5.78 Å². The van der Waals surface area contributed by atoms with Gasteiger partial charge >= 0.3 is 0 Å². The molecule has 128 valence electrons. The Kier molecular flexibility index (Phi) is 5.44. The van der Waals surface area contributed by atoms with E-state index in [0.717, 1.165) is 17.7 Å². The molecule has 0 saturated heterocycles. The summed E-state index contributed by atoms with van der Waals surface area (Å²) < 4.78 is 5.97. The number of furan rings is 1. The Morgan fingerprint density at radius 3 is 2.32 bits per heavy atom. The van der Waals surface area contributed by atoms with Crippen LogP contribution in [0.3, 0.4) is 0 Å². The maximum atomic E-state index is 11.8. The Balaban J connectivity index is 1.98. The molecule has 0 spiro atoms. The Bertz CT molecular complexity index is 847. The van der Waals surface area contributed by atoms with E-state index in [1.54, 1.807) is 18.7 Å². The van der Waals surface area contributed by atoms with E-state index in [1.807, 2.05) is 31.2 Å². The zero-order valence-electron chi connectivity index (χ0n) is 14.8. The molecule has 3 heteroatoms. The number of ketones is 1. The van der Waals surface area contributed by atoms with Gasteiger partial charge in [-0.15, -0.1) is 11.8 Å². The van der Waals surface area contributed by atoms with Gasteiger partial charge in [0.25, 0.3) is 0 Å². The van der Waals surface area contributed by atoms with Gasteiger partial charge in [0.05, 0.1) is 10.8 Å². The van der Waals surface area contributed by atoms with Crippen LogP contribution in [0, 0.1) is 6.92 Å². The molecule has 3 aromatic rings. The second-order valence-corrected chi connectivity index (χ2v) is 7.26. The maximum absolute atomic E-state index is 11.8. The number of carbonyl (C=O) groups excluding carboxylic acids is 1. The lowest BCUT2D eigenvalue weighted by Gasteiger charge is -2.15. The van der Waals surface area contributed by atoms with Gasteiger partial charge in [0, 0.05) is 4.90 Å². The number of hydrogen-bond acceptors (Lipinski definition) is 3. The number of Topliss-reactive ketones (excluding diaryl/α,β-unsaturated/α-hetero) is 1. The van der Waals surface area contributed by atoms with E-state index in [2.05, 4.69) is 43.3 Å². The SMILES string of the molecule is CCc1ccc(SC(c2ccccc2)c2cc(C(C)=O)c(C)o2)cc1. The van der Waals surface area contributed by atoms with Crippen LogP contribution in [-0.4, -0.2) is 5.78 Å². The van der Waals surface area contributed by atoms with E-state index in [0.29, 0.717) is 11.3 Å². The monoisotopic (exact) mass is 350 g/mol. The third-order valence-corrected chi connectivity index (χ3v) is 5.55. The van der Waals surface area contributed by atoms with Crippen molar-refractivity contribution in [1.29, 1.82) is 0 Å². The van der Waals surface area contributed by atoms with Crippen LogP contribution in [0.25, 0.3) is 0 Å². The van der Waals surface area contributed by atoms with Crippen LogP contribution in [0.4, 0.5) is 0 Å². The second-order valence-electron chi connectivity index (χ2n) is 6.08. The van der Waals surface area contributed by atoms with Gasteiger partial charge in [-0.1, -0.05) is 49.4 Å². The summed E-state index contributed by atoms with van der Waals surface area (Å²) in [7, 11) is 0. The molecule has 0 amide bonds. The van der Waals surface area contributed by atoms with Gasteiger partial charge in [-0.25, -0.2) is 0 Å². The first-order chi connectivity index (χ1) is 12.1. The minimum Gasteiger partial charge on any atom is -0.464 e. The summed E-state index contributed by atoms with van der Waals surface area (Å²) in [5, 5.41) is 0.0143. The lowest BCUT2D eigenvalue weighted by molar-refractivity contribution is 0.101. The zero-order chi connectivity index (χ0) is 17.8. The molecule has 0 bridgehead atoms. The highest BCUT2D eigenvalue weighted by atomic mass is 32.2. The van der Waals surface area contributed by atoms with Gasteiger partial charge in [0.2, 0.25) is 0 Å². The van der Waals surface area contributed by atoms with Crippen LogP contribution in [0.15, 0.2) is 70.0 Å². The average molecular weight is 350 g/mol. The lowest BCUT2D eigenvalue weighted by Crippen LogP contribution is -1.96. The predicted octanol–water partition coefficient (Wildman–Crippen LogP) is 6.23. The van der Waals surface area contributed by atoms with E-state index < -0.39 is 0 Å². The fourth-order valence-corrected chi connectivity index (χ4v) is 3.93. The molecule has 1 aromatic heterocycles. The van der Waals surface area contributed by atoms with Gasteiger partial charge < -0.3 is 4.42 Å². The molecule has 1 heterocycles. The highest BCUT2D eigenvalue weighted by Gasteiger charge is 2.22. The fraction of sp³-hybridized carbons (Fsp3) is 0.227. The van der Waals surface area contributed by atoms with Crippen LogP contribution in [0.1, 0.15) is 52.1 Å². The van der Waals surface area contributed by atoms with Crippen molar-refractivity contribution in [3.05, 3.63) is 88.9 Å². The van der Waals surface area contributed by atoms with Crippen LogP contribution in [0.2, 0.25) is 0 Å². The van der Waals surface area contributed by atoms with E-state index in [9.17, 15) is 4.79 Å². The van der Waals surface area contributed by atoms with Crippen LogP contribution >= 0.6 is 11.8 Å². The van der Waals surface area contributed by atoms with Crippen LogP contribution in [-0.2, 0) is 6.42 Å². The van der Waals surface area contributed by atoms with Crippen LogP contribution < -0.4 is 0 Å². The Labute approximate surface area is 153 Å². The van der Waals surface area contributed by atoms with Gasteiger partial charge in [0.1, 0.15) is 11.5 Å². The highest BCUT2D eigenvalue weighted by molar-refractivity contribution is 7.99. The molecule has 0 saturated carbocycles. The first-order valence-electron chi connectivity index (χ1n) is 8.50. The number of benzene rings is 2. The van der Waals surface area contributed by atoms with E-state index >= 15 is 0 Å². The maximum Gasteiger partial charge on any atom is 0.163 e. The zero-order valence-corrected chi connectivity index (χ0v) is 15.6. The van der Waals surface area contributed by atoms with E-state index in [4.69, 9.17) is 4.42 Å². The largest absolute Gasteiger partial charge is 0.464 e. The first-order valence-corrected chi connectivity index (χ1v) is 9.38. The number of thioether (sulfide) groups is 1. The number of carbonyl (C=O) groups is 1. The van der Waals surface area contributed by atoms with Crippen molar-refractivity contribution in [3.63, 3.8) is 0 Å². The molecule has 0 aliphatic rings. The number of rotatable bonds is 6. The summed E-state index contributed by atoms with van der Waals surface area (Å²) in [5.74, 6) is 1.54. The smallest absolute Gasteiger partial charge is 0.163 e. The molecule has 0 aliphatic heterocycles. The molecule has 0 aliphatic carbocycles. The third kappa shape index (κ3) is 4.05. The summed E-state index contributed by atoms with van der Waals surface area (Å²) in [6.07, 6.45) is 1.03. The molecular formula is C22H22O2S. The normalized spacial score (nSPS) is 12.1. The molecule has 1 unspecified atom stereocenters. The Hall–Kier alpha value is -2.26. The second kappa shape index (κ2) is 7.75. The number of aryl methyl sites for hydroxylation is 2. The van der Waals surface area contributed by atoms with Crippen molar-refractivity contribution in [2.45, 2.75) is 37.3 Å². The van der Waals surface area contributed by atoms with Crippen molar-refractivity contribution < 1.29 is 9.21 Å². The van der Waals surface area contributed by atoms with Crippen molar-refractivity contribution in [3.8, 4) is 0 Å². The summed E-state index contributed by atoms with van der Waals surface area (Å²) in [6, 6.07) is 20.8. The van der Waals surface area contributed by atoms with Crippen molar-refractivity contribution in [1.82, 2.24) is 0 Å². The van der Waals surface area contributed by atoms with Crippen molar-refractivity contribution >= 4 is 17.5 Å². The average Bonchev–Trinajstić information content (AvgIpc) is 3.02. The molecule has 1 atom stereocenters. The van der Waals surface area contributed by atoms with Crippen molar-refractivity contribution in [2.75, 3.05) is 0 Å². The summed E-state index contributed by atoms with van der Waals surface area (Å²) in [6.45, 7) is 5.59. The van der Waals surface area contributed by atoms with Crippen LogP contribution in [0.5, 0.6) is 0 Å². The molecule has 0 radical (unpaired) electrons. The summed E-state index contributed by atoms with van der Waals surface area (Å²) in [4.78, 5) is 13.0.